The molecule has 1 unspecified atom stereocenters. The number of anilines is 1. The molecule has 3 rings (SSSR count). The summed E-state index contributed by atoms with van der Waals surface area (Å²) in [7, 11) is 0. The Morgan fingerprint density at radius 2 is 2.33 bits per heavy atom. The number of rotatable bonds is 4. The van der Waals surface area contributed by atoms with Crippen LogP contribution < -0.4 is 5.73 Å². The molecule has 112 valence electrons. The summed E-state index contributed by atoms with van der Waals surface area (Å²) in [6.45, 7) is 5.98. The molecule has 1 aliphatic rings. The van der Waals surface area contributed by atoms with Crippen molar-refractivity contribution in [2.24, 2.45) is 5.92 Å². The van der Waals surface area contributed by atoms with Crippen LogP contribution in [0.5, 0.6) is 0 Å². The average molecular weight is 301 g/mol. The van der Waals surface area contributed by atoms with Crippen LogP contribution in [0.4, 0.5) is 5.69 Å². The Bertz CT molecular complexity index is 593. The highest BCUT2D eigenvalue weighted by atomic mass is 32.1. The molecule has 0 bridgehead atoms. The molecule has 0 aliphatic carbocycles. The van der Waals surface area contributed by atoms with Crippen molar-refractivity contribution in [1.82, 2.24) is 9.88 Å². The summed E-state index contributed by atoms with van der Waals surface area (Å²) in [5.74, 6) is 0.845. The summed E-state index contributed by atoms with van der Waals surface area (Å²) in [6, 6.07) is 7.96. The fraction of sp³-hybridized carbons (Fsp3) is 0.471. The first-order chi connectivity index (χ1) is 10.2. The van der Waals surface area contributed by atoms with Crippen LogP contribution in [0.25, 0.3) is 11.3 Å². The Kier molecular flexibility index (Phi) is 4.56. The third-order valence-corrected chi connectivity index (χ3v) is 5.03. The Morgan fingerprint density at radius 1 is 1.43 bits per heavy atom. The van der Waals surface area contributed by atoms with Gasteiger partial charge >= 0.3 is 0 Å². The van der Waals surface area contributed by atoms with Crippen molar-refractivity contribution in [3.8, 4) is 11.3 Å². The lowest BCUT2D eigenvalue weighted by Gasteiger charge is -2.30. The van der Waals surface area contributed by atoms with Crippen LogP contribution >= 0.6 is 11.3 Å². The number of hydrogen-bond donors (Lipinski definition) is 1. The van der Waals surface area contributed by atoms with Crippen molar-refractivity contribution in [2.45, 2.75) is 26.2 Å². The van der Waals surface area contributed by atoms with E-state index in [2.05, 4.69) is 23.3 Å². The molecule has 2 N–H and O–H groups in total. The van der Waals surface area contributed by atoms with E-state index in [4.69, 9.17) is 10.7 Å². The molecule has 1 aromatic heterocycles. The summed E-state index contributed by atoms with van der Waals surface area (Å²) < 4.78 is 0. The van der Waals surface area contributed by atoms with E-state index in [0.717, 1.165) is 35.8 Å². The van der Waals surface area contributed by atoms with Gasteiger partial charge in [-0.15, -0.1) is 11.3 Å². The van der Waals surface area contributed by atoms with Gasteiger partial charge in [-0.05, 0) is 37.4 Å². The van der Waals surface area contributed by atoms with Crippen molar-refractivity contribution in [1.29, 1.82) is 0 Å². The van der Waals surface area contributed by atoms with E-state index in [9.17, 15) is 0 Å². The number of nitrogen functional groups attached to an aromatic ring is 1. The molecule has 1 aromatic carbocycles. The van der Waals surface area contributed by atoms with Crippen molar-refractivity contribution < 1.29 is 0 Å². The van der Waals surface area contributed by atoms with E-state index >= 15 is 0 Å². The predicted octanol–water partition coefficient (Wildman–Crippen LogP) is 3.67. The topological polar surface area (TPSA) is 42.2 Å². The lowest BCUT2D eigenvalue weighted by atomic mass is 10.0. The van der Waals surface area contributed by atoms with Gasteiger partial charge in [0.25, 0.3) is 0 Å². The smallest absolute Gasteiger partial charge is 0.0945 e. The molecule has 1 atom stereocenters. The SMILES string of the molecule is CC1CCCN(CCc2nc(-c3cccc(N)c3)cs2)C1. The third kappa shape index (κ3) is 3.83. The molecule has 4 heteroatoms. The van der Waals surface area contributed by atoms with Gasteiger partial charge in [-0.2, -0.15) is 0 Å². The number of nitrogens with two attached hydrogens (primary N) is 1. The van der Waals surface area contributed by atoms with Gasteiger partial charge in [-0.3, -0.25) is 0 Å². The van der Waals surface area contributed by atoms with Crippen molar-refractivity contribution in [3.63, 3.8) is 0 Å². The van der Waals surface area contributed by atoms with E-state index in [1.165, 1.54) is 30.9 Å². The second-order valence-corrected chi connectivity index (χ2v) is 6.99. The number of benzene rings is 1. The molecule has 2 heterocycles. The van der Waals surface area contributed by atoms with Gasteiger partial charge in [0, 0.05) is 36.1 Å². The number of nitrogens with zero attached hydrogens (tertiary/aromatic N) is 2. The number of likely N-dealkylation sites (tertiary alicyclic amines) is 1. The van der Waals surface area contributed by atoms with E-state index in [0.29, 0.717) is 0 Å². The first-order valence-electron chi connectivity index (χ1n) is 7.73. The number of aromatic nitrogens is 1. The van der Waals surface area contributed by atoms with Gasteiger partial charge in [-0.1, -0.05) is 19.1 Å². The zero-order valence-electron chi connectivity index (χ0n) is 12.6. The van der Waals surface area contributed by atoms with Crippen molar-refractivity contribution >= 4 is 17.0 Å². The number of thiazole rings is 1. The van der Waals surface area contributed by atoms with E-state index in [1.807, 2.05) is 18.2 Å². The molecule has 0 saturated carbocycles. The van der Waals surface area contributed by atoms with Crippen LogP contribution in [-0.4, -0.2) is 29.5 Å². The largest absolute Gasteiger partial charge is 0.399 e. The number of piperidine rings is 1. The van der Waals surface area contributed by atoms with Crippen LogP contribution in [0.15, 0.2) is 29.6 Å². The maximum atomic E-state index is 5.84. The third-order valence-electron chi connectivity index (χ3n) is 4.12. The fourth-order valence-corrected chi connectivity index (χ4v) is 3.80. The first-order valence-corrected chi connectivity index (χ1v) is 8.61. The van der Waals surface area contributed by atoms with Crippen LogP contribution in [0.3, 0.4) is 0 Å². The van der Waals surface area contributed by atoms with Gasteiger partial charge in [-0.25, -0.2) is 4.98 Å². The minimum atomic E-state index is 0.796. The maximum absolute atomic E-state index is 5.84. The van der Waals surface area contributed by atoms with Crippen LogP contribution in [-0.2, 0) is 6.42 Å². The monoisotopic (exact) mass is 301 g/mol. The quantitative estimate of drug-likeness (QED) is 0.876. The van der Waals surface area contributed by atoms with Crippen LogP contribution in [0, 0.1) is 5.92 Å². The highest BCUT2D eigenvalue weighted by Crippen LogP contribution is 2.24. The molecule has 0 radical (unpaired) electrons. The molecule has 1 saturated heterocycles. The Balaban J connectivity index is 1.60. The van der Waals surface area contributed by atoms with E-state index in [-0.39, 0.29) is 0 Å². The lowest BCUT2D eigenvalue weighted by Crippen LogP contribution is -2.35. The van der Waals surface area contributed by atoms with Gasteiger partial charge in [0.2, 0.25) is 0 Å². The van der Waals surface area contributed by atoms with Gasteiger partial charge in [0.1, 0.15) is 0 Å². The Hall–Kier alpha value is -1.39. The average Bonchev–Trinajstić information content (AvgIpc) is 2.94. The van der Waals surface area contributed by atoms with E-state index in [1.54, 1.807) is 11.3 Å². The molecule has 1 aliphatic heterocycles. The lowest BCUT2D eigenvalue weighted by molar-refractivity contribution is 0.186. The second kappa shape index (κ2) is 6.58. The molecule has 3 nitrogen and oxygen atoms in total. The maximum Gasteiger partial charge on any atom is 0.0945 e. The van der Waals surface area contributed by atoms with Crippen molar-refractivity contribution in [3.05, 3.63) is 34.7 Å². The summed E-state index contributed by atoms with van der Waals surface area (Å²) in [6.07, 6.45) is 3.78. The van der Waals surface area contributed by atoms with Gasteiger partial charge in [0.15, 0.2) is 0 Å². The summed E-state index contributed by atoms with van der Waals surface area (Å²) in [5, 5.41) is 3.37. The Labute approximate surface area is 130 Å². The van der Waals surface area contributed by atoms with Gasteiger partial charge < -0.3 is 10.6 Å². The zero-order valence-corrected chi connectivity index (χ0v) is 13.4. The number of hydrogen-bond acceptors (Lipinski definition) is 4. The molecule has 0 spiro atoms. The van der Waals surface area contributed by atoms with Crippen molar-refractivity contribution in [2.75, 3.05) is 25.4 Å². The zero-order chi connectivity index (χ0) is 14.7. The standard InChI is InChI=1S/C17H23N3S/c1-13-4-3-8-20(11-13)9-7-17-19-16(12-21-17)14-5-2-6-15(18)10-14/h2,5-6,10,12-13H,3-4,7-9,11,18H2,1H3. The molecule has 2 aromatic rings. The highest BCUT2D eigenvalue weighted by Gasteiger charge is 2.16. The Morgan fingerprint density at radius 3 is 3.14 bits per heavy atom. The first kappa shape index (κ1) is 14.5. The molecule has 21 heavy (non-hydrogen) atoms. The minimum absolute atomic E-state index is 0.796. The molecular formula is C17H23N3S. The van der Waals surface area contributed by atoms with Crippen LogP contribution in [0.2, 0.25) is 0 Å². The normalized spacial score (nSPS) is 19.8. The summed E-state index contributed by atoms with van der Waals surface area (Å²) >= 11 is 1.76. The fourth-order valence-electron chi connectivity index (χ4n) is 3.00. The molecular weight excluding hydrogens is 278 g/mol. The minimum Gasteiger partial charge on any atom is -0.399 e. The van der Waals surface area contributed by atoms with E-state index < -0.39 is 0 Å². The summed E-state index contributed by atoms with van der Waals surface area (Å²) in [5.41, 5.74) is 8.80. The molecule has 1 fully saturated rings. The predicted molar refractivity (Wildman–Crippen MR) is 90.5 cm³/mol. The summed E-state index contributed by atoms with van der Waals surface area (Å²) in [4.78, 5) is 7.34. The van der Waals surface area contributed by atoms with Gasteiger partial charge in [0.05, 0.1) is 10.7 Å². The van der Waals surface area contributed by atoms with Crippen LogP contribution in [0.1, 0.15) is 24.8 Å². The molecule has 0 amide bonds. The highest BCUT2D eigenvalue weighted by molar-refractivity contribution is 7.09. The second-order valence-electron chi connectivity index (χ2n) is 6.05.